The number of carbonyl (C=O) groups is 3. The summed E-state index contributed by atoms with van der Waals surface area (Å²) in [5.74, 6) is -1.30. The molecule has 1 saturated carbocycles. The smallest absolute Gasteiger partial charge is 0.326 e. The topological polar surface area (TPSA) is 108 Å². The summed E-state index contributed by atoms with van der Waals surface area (Å²) in [6, 6.07) is -1.32. The van der Waals surface area contributed by atoms with E-state index in [1.165, 1.54) is 0 Å². The average Bonchev–Trinajstić information content (AvgIpc) is 2.87. The molecule has 0 aromatic carbocycles. The zero-order chi connectivity index (χ0) is 16.8. The summed E-state index contributed by atoms with van der Waals surface area (Å²) >= 11 is 0. The molecule has 0 radical (unpaired) electrons. The molecular formula is C15H27N3O4. The van der Waals surface area contributed by atoms with Crippen LogP contribution in [0.25, 0.3) is 0 Å². The van der Waals surface area contributed by atoms with E-state index in [0.29, 0.717) is 25.8 Å². The van der Waals surface area contributed by atoms with E-state index in [9.17, 15) is 19.5 Å². The van der Waals surface area contributed by atoms with Crippen molar-refractivity contribution in [3.05, 3.63) is 0 Å². The van der Waals surface area contributed by atoms with Crippen molar-refractivity contribution in [3.8, 4) is 0 Å². The van der Waals surface area contributed by atoms with Gasteiger partial charge in [0.25, 0.3) is 0 Å². The monoisotopic (exact) mass is 313 g/mol. The zero-order valence-electron chi connectivity index (χ0n) is 13.6. The van der Waals surface area contributed by atoms with Crippen LogP contribution in [0.4, 0.5) is 4.79 Å². The molecule has 0 unspecified atom stereocenters. The van der Waals surface area contributed by atoms with Crippen LogP contribution in [0.3, 0.4) is 0 Å². The van der Waals surface area contributed by atoms with Gasteiger partial charge in [-0.3, -0.25) is 4.79 Å². The molecule has 0 spiro atoms. The minimum atomic E-state index is -1.05. The van der Waals surface area contributed by atoms with Crippen LogP contribution in [-0.2, 0) is 9.59 Å². The molecular weight excluding hydrogens is 286 g/mol. The minimum Gasteiger partial charge on any atom is -0.480 e. The summed E-state index contributed by atoms with van der Waals surface area (Å²) in [6.45, 7) is 6.07. The Labute approximate surface area is 131 Å². The van der Waals surface area contributed by atoms with Gasteiger partial charge in [-0.25, -0.2) is 9.59 Å². The lowest BCUT2D eigenvalue weighted by Crippen LogP contribution is -2.61. The molecule has 1 fully saturated rings. The van der Waals surface area contributed by atoms with Crippen molar-refractivity contribution in [3.63, 3.8) is 0 Å². The SMILES string of the molecule is CCNC(=O)NC1(C(=O)N[C@H](CC(C)C)C(=O)O)CCCC1. The lowest BCUT2D eigenvalue weighted by atomic mass is 9.95. The summed E-state index contributed by atoms with van der Waals surface area (Å²) in [6.07, 6.45) is 3.09. The van der Waals surface area contributed by atoms with Gasteiger partial charge in [0.1, 0.15) is 11.6 Å². The van der Waals surface area contributed by atoms with E-state index in [4.69, 9.17) is 0 Å². The first-order valence-corrected chi connectivity index (χ1v) is 7.90. The number of nitrogens with one attached hydrogen (secondary N) is 3. The standard InChI is InChI=1S/C15H27N3O4/c1-4-16-14(22)18-15(7-5-6-8-15)13(21)17-11(12(19)20)9-10(2)3/h10-11H,4-9H2,1-3H3,(H,17,21)(H,19,20)(H2,16,18,22)/t11-/m1/s1. The highest BCUT2D eigenvalue weighted by Gasteiger charge is 2.43. The second-order valence-electron chi connectivity index (χ2n) is 6.27. The third-order valence-electron chi connectivity index (χ3n) is 3.89. The van der Waals surface area contributed by atoms with Gasteiger partial charge >= 0.3 is 12.0 Å². The summed E-state index contributed by atoms with van der Waals surface area (Å²) in [5.41, 5.74) is -0.996. The van der Waals surface area contributed by atoms with Gasteiger partial charge in [0.2, 0.25) is 5.91 Å². The molecule has 1 atom stereocenters. The van der Waals surface area contributed by atoms with E-state index < -0.39 is 29.5 Å². The van der Waals surface area contributed by atoms with Crippen LogP contribution < -0.4 is 16.0 Å². The van der Waals surface area contributed by atoms with Gasteiger partial charge in [-0.2, -0.15) is 0 Å². The van der Waals surface area contributed by atoms with Crippen molar-refractivity contribution in [1.29, 1.82) is 0 Å². The number of rotatable bonds is 7. The van der Waals surface area contributed by atoms with Gasteiger partial charge < -0.3 is 21.1 Å². The van der Waals surface area contributed by atoms with Crippen molar-refractivity contribution in [2.24, 2.45) is 5.92 Å². The fourth-order valence-electron chi connectivity index (χ4n) is 2.80. The molecule has 126 valence electrons. The molecule has 1 aliphatic carbocycles. The van der Waals surface area contributed by atoms with Crippen molar-refractivity contribution < 1.29 is 19.5 Å². The van der Waals surface area contributed by atoms with Crippen molar-refractivity contribution in [1.82, 2.24) is 16.0 Å². The number of aliphatic carboxylic acids is 1. The molecule has 0 aliphatic heterocycles. The van der Waals surface area contributed by atoms with E-state index in [0.717, 1.165) is 12.8 Å². The van der Waals surface area contributed by atoms with Gasteiger partial charge in [0.15, 0.2) is 0 Å². The Kier molecular flexibility index (Phi) is 6.64. The van der Waals surface area contributed by atoms with Crippen LogP contribution in [0.1, 0.15) is 52.9 Å². The second kappa shape index (κ2) is 8.00. The first-order chi connectivity index (χ1) is 10.3. The number of hydrogen-bond acceptors (Lipinski definition) is 3. The number of carbonyl (C=O) groups excluding carboxylic acids is 2. The molecule has 0 bridgehead atoms. The predicted molar refractivity (Wildman–Crippen MR) is 82.4 cm³/mol. The van der Waals surface area contributed by atoms with Crippen LogP contribution in [0.5, 0.6) is 0 Å². The second-order valence-corrected chi connectivity index (χ2v) is 6.27. The van der Waals surface area contributed by atoms with Gasteiger partial charge in [0.05, 0.1) is 0 Å². The lowest BCUT2D eigenvalue weighted by Gasteiger charge is -2.30. The van der Waals surface area contributed by atoms with Gasteiger partial charge in [-0.15, -0.1) is 0 Å². The Balaban J connectivity index is 2.79. The van der Waals surface area contributed by atoms with Crippen LogP contribution in [0, 0.1) is 5.92 Å². The summed E-state index contributed by atoms with van der Waals surface area (Å²) in [4.78, 5) is 35.7. The number of carboxylic acid groups (broad SMARTS) is 1. The Morgan fingerprint density at radius 3 is 2.23 bits per heavy atom. The first-order valence-electron chi connectivity index (χ1n) is 7.90. The van der Waals surface area contributed by atoms with Crippen LogP contribution in [0.2, 0.25) is 0 Å². The normalized spacial score (nSPS) is 17.8. The maximum atomic E-state index is 12.6. The van der Waals surface area contributed by atoms with E-state index >= 15 is 0 Å². The Morgan fingerprint density at radius 2 is 1.77 bits per heavy atom. The third-order valence-corrected chi connectivity index (χ3v) is 3.89. The third kappa shape index (κ3) is 4.89. The van der Waals surface area contributed by atoms with Gasteiger partial charge in [0, 0.05) is 6.54 Å². The maximum absolute atomic E-state index is 12.6. The Bertz CT molecular complexity index is 417. The molecule has 0 aromatic rings. The molecule has 22 heavy (non-hydrogen) atoms. The van der Waals surface area contributed by atoms with Crippen LogP contribution in [-0.4, -0.2) is 41.1 Å². The van der Waals surface area contributed by atoms with E-state index in [-0.39, 0.29) is 5.92 Å². The molecule has 1 aliphatic rings. The largest absolute Gasteiger partial charge is 0.480 e. The molecule has 0 heterocycles. The van der Waals surface area contributed by atoms with Gasteiger partial charge in [-0.05, 0) is 32.1 Å². The number of carboxylic acids is 1. The fraction of sp³-hybridized carbons (Fsp3) is 0.800. The van der Waals surface area contributed by atoms with E-state index in [1.807, 2.05) is 13.8 Å². The fourth-order valence-corrected chi connectivity index (χ4v) is 2.80. The number of urea groups is 1. The van der Waals surface area contributed by atoms with Crippen LogP contribution in [0.15, 0.2) is 0 Å². The number of hydrogen-bond donors (Lipinski definition) is 4. The first kappa shape index (κ1) is 18.3. The Hall–Kier alpha value is -1.79. The quantitative estimate of drug-likeness (QED) is 0.567. The number of amides is 3. The summed E-state index contributed by atoms with van der Waals surface area (Å²) < 4.78 is 0. The lowest BCUT2D eigenvalue weighted by molar-refractivity contribution is -0.143. The molecule has 7 heteroatoms. The molecule has 7 nitrogen and oxygen atoms in total. The summed E-state index contributed by atoms with van der Waals surface area (Å²) in [7, 11) is 0. The average molecular weight is 313 g/mol. The summed E-state index contributed by atoms with van der Waals surface area (Å²) in [5, 5.41) is 17.2. The highest BCUT2D eigenvalue weighted by Crippen LogP contribution is 2.30. The van der Waals surface area contributed by atoms with Crippen molar-refractivity contribution >= 4 is 17.9 Å². The van der Waals surface area contributed by atoms with Crippen LogP contribution >= 0.6 is 0 Å². The minimum absolute atomic E-state index is 0.150. The van der Waals surface area contributed by atoms with E-state index in [1.54, 1.807) is 6.92 Å². The molecule has 0 aromatic heterocycles. The predicted octanol–water partition coefficient (Wildman–Crippen LogP) is 1.23. The van der Waals surface area contributed by atoms with Crippen molar-refractivity contribution in [2.45, 2.75) is 64.5 Å². The Morgan fingerprint density at radius 1 is 1.18 bits per heavy atom. The van der Waals surface area contributed by atoms with Crippen molar-refractivity contribution in [2.75, 3.05) is 6.54 Å². The van der Waals surface area contributed by atoms with Gasteiger partial charge in [-0.1, -0.05) is 26.7 Å². The molecule has 3 amide bonds. The molecule has 1 rings (SSSR count). The highest BCUT2D eigenvalue weighted by atomic mass is 16.4. The molecule has 4 N–H and O–H groups in total. The highest BCUT2D eigenvalue weighted by molar-refractivity contribution is 5.93. The zero-order valence-corrected chi connectivity index (χ0v) is 13.6. The van der Waals surface area contributed by atoms with E-state index in [2.05, 4.69) is 16.0 Å². The maximum Gasteiger partial charge on any atom is 0.326 e. The molecule has 0 saturated heterocycles.